The van der Waals surface area contributed by atoms with E-state index in [1.807, 2.05) is 30.5 Å². The molecule has 0 fully saturated rings. The Bertz CT molecular complexity index is 1490. The number of aromatic nitrogens is 5. The third-order valence-electron chi connectivity index (χ3n) is 4.89. The van der Waals surface area contributed by atoms with Crippen LogP contribution in [0.2, 0.25) is 0 Å². The molecule has 148 valence electrons. The van der Waals surface area contributed by atoms with Crippen LogP contribution < -0.4 is 16.2 Å². The molecule has 0 bridgehead atoms. The first-order valence-electron chi connectivity index (χ1n) is 9.09. The van der Waals surface area contributed by atoms with Crippen LogP contribution in [0.4, 0.5) is 0 Å². The van der Waals surface area contributed by atoms with Gasteiger partial charge in [-0.25, -0.2) is 19.3 Å². The van der Waals surface area contributed by atoms with Gasteiger partial charge >= 0.3 is 5.69 Å². The molecule has 30 heavy (non-hydrogen) atoms. The summed E-state index contributed by atoms with van der Waals surface area (Å²) in [4.78, 5) is 39.6. The van der Waals surface area contributed by atoms with E-state index in [9.17, 15) is 9.59 Å². The number of H-pyrrole nitrogens is 2. The summed E-state index contributed by atoms with van der Waals surface area (Å²) in [5, 5.41) is 1.03. The van der Waals surface area contributed by atoms with Crippen molar-refractivity contribution in [2.24, 2.45) is 5.73 Å². The Morgan fingerprint density at radius 1 is 1.13 bits per heavy atom. The van der Waals surface area contributed by atoms with Crippen molar-refractivity contribution in [3.63, 3.8) is 0 Å². The number of rotatable bonds is 4. The minimum Gasteiger partial charge on any atom is -0.497 e. The van der Waals surface area contributed by atoms with E-state index in [0.717, 1.165) is 10.9 Å². The molecule has 0 atom stereocenters. The van der Waals surface area contributed by atoms with Crippen LogP contribution >= 0.6 is 0 Å². The van der Waals surface area contributed by atoms with Crippen LogP contribution in [-0.2, 0) is 0 Å². The molecule has 0 aliphatic rings. The zero-order chi connectivity index (χ0) is 20.8. The van der Waals surface area contributed by atoms with E-state index in [1.54, 1.807) is 31.4 Å². The van der Waals surface area contributed by atoms with Crippen molar-refractivity contribution in [2.45, 2.75) is 0 Å². The van der Waals surface area contributed by atoms with E-state index in [2.05, 4.69) is 19.9 Å². The molecule has 0 spiro atoms. The number of benzene rings is 2. The molecule has 4 N–H and O–H groups in total. The number of aromatic amines is 2. The van der Waals surface area contributed by atoms with Crippen LogP contribution in [0.25, 0.3) is 39.1 Å². The van der Waals surface area contributed by atoms with Gasteiger partial charge in [0.2, 0.25) is 0 Å². The Labute approximate surface area is 169 Å². The number of nitrogens with two attached hydrogens (primary N) is 1. The second-order valence-corrected chi connectivity index (χ2v) is 6.71. The number of nitrogens with one attached hydrogen (secondary N) is 2. The number of primary amides is 1. The number of ether oxygens (including phenoxy) is 1. The van der Waals surface area contributed by atoms with Crippen molar-refractivity contribution >= 4 is 28.0 Å². The number of amides is 1. The van der Waals surface area contributed by atoms with Gasteiger partial charge in [0, 0.05) is 23.3 Å². The number of hydrogen-bond acceptors (Lipinski definition) is 5. The minimum absolute atomic E-state index is 0.0553. The third-order valence-corrected chi connectivity index (χ3v) is 4.89. The van der Waals surface area contributed by atoms with E-state index in [1.165, 1.54) is 4.57 Å². The second kappa shape index (κ2) is 6.59. The van der Waals surface area contributed by atoms with E-state index < -0.39 is 11.6 Å². The van der Waals surface area contributed by atoms with Crippen LogP contribution in [0.3, 0.4) is 0 Å². The molecule has 0 radical (unpaired) electrons. The highest BCUT2D eigenvalue weighted by atomic mass is 16.5. The monoisotopic (exact) mass is 400 g/mol. The Kier molecular flexibility index (Phi) is 3.88. The van der Waals surface area contributed by atoms with E-state index in [4.69, 9.17) is 10.5 Å². The molecule has 9 heteroatoms. The fourth-order valence-electron chi connectivity index (χ4n) is 3.47. The molecule has 0 aliphatic carbocycles. The summed E-state index contributed by atoms with van der Waals surface area (Å²) in [6.07, 6.45) is 1.83. The highest BCUT2D eigenvalue weighted by Gasteiger charge is 2.20. The van der Waals surface area contributed by atoms with Gasteiger partial charge in [0.05, 0.1) is 12.8 Å². The standard InChI is InChI=1S/C21H16N6O3/c1-30-14-4-2-3-13(10-14)27-20-17(25-21(27)29)16(18(22)28)24-19(26-20)12-6-5-11-7-8-23-15(11)9-12/h2-10,23H,1H3,(H2,22,28)(H,25,29). The molecule has 0 saturated heterocycles. The summed E-state index contributed by atoms with van der Waals surface area (Å²) in [6, 6.07) is 14.6. The first kappa shape index (κ1) is 17.7. The molecule has 0 aliphatic heterocycles. The Morgan fingerprint density at radius 3 is 2.80 bits per heavy atom. The quantitative estimate of drug-likeness (QED) is 0.426. The summed E-state index contributed by atoms with van der Waals surface area (Å²) in [5.41, 5.74) is 7.58. The van der Waals surface area contributed by atoms with Crippen LogP contribution in [-0.4, -0.2) is 37.5 Å². The summed E-state index contributed by atoms with van der Waals surface area (Å²) in [7, 11) is 1.54. The summed E-state index contributed by atoms with van der Waals surface area (Å²) in [5.74, 6) is 0.0995. The van der Waals surface area contributed by atoms with Gasteiger partial charge in [-0.05, 0) is 29.7 Å². The molecular weight excluding hydrogens is 384 g/mol. The molecule has 0 saturated carbocycles. The molecule has 2 aromatic carbocycles. The van der Waals surface area contributed by atoms with Crippen LogP contribution in [0, 0.1) is 0 Å². The van der Waals surface area contributed by atoms with Crippen LogP contribution in [0.5, 0.6) is 5.75 Å². The number of fused-ring (bicyclic) bond motifs is 2. The van der Waals surface area contributed by atoms with Gasteiger partial charge in [0.1, 0.15) is 11.3 Å². The van der Waals surface area contributed by atoms with Crippen molar-refractivity contribution in [1.82, 2.24) is 24.5 Å². The zero-order valence-corrected chi connectivity index (χ0v) is 15.8. The summed E-state index contributed by atoms with van der Waals surface area (Å²) >= 11 is 0. The molecule has 3 aromatic heterocycles. The number of imidazole rings is 1. The number of nitrogens with zero attached hydrogens (tertiary/aromatic N) is 3. The van der Waals surface area contributed by atoms with E-state index >= 15 is 0 Å². The van der Waals surface area contributed by atoms with Crippen molar-refractivity contribution < 1.29 is 9.53 Å². The lowest BCUT2D eigenvalue weighted by Crippen LogP contribution is -2.15. The maximum atomic E-state index is 12.7. The molecule has 3 heterocycles. The van der Waals surface area contributed by atoms with Crippen molar-refractivity contribution in [3.05, 3.63) is 70.9 Å². The van der Waals surface area contributed by atoms with Gasteiger partial charge in [-0.1, -0.05) is 18.2 Å². The van der Waals surface area contributed by atoms with E-state index in [-0.39, 0.29) is 22.7 Å². The lowest BCUT2D eigenvalue weighted by atomic mass is 10.1. The van der Waals surface area contributed by atoms with Gasteiger partial charge in [0.15, 0.2) is 17.2 Å². The van der Waals surface area contributed by atoms with Gasteiger partial charge < -0.3 is 20.4 Å². The first-order chi connectivity index (χ1) is 14.5. The SMILES string of the molecule is COc1cccc(-n2c(=O)[nH]c3c(C(N)=O)nc(-c4ccc5cc[nH]c5c4)nc32)c1. The maximum Gasteiger partial charge on any atom is 0.332 e. The number of carbonyl (C=O) groups is 1. The third kappa shape index (κ3) is 2.72. The van der Waals surface area contributed by atoms with Crippen molar-refractivity contribution in [3.8, 4) is 22.8 Å². The van der Waals surface area contributed by atoms with Crippen molar-refractivity contribution in [2.75, 3.05) is 7.11 Å². The summed E-state index contributed by atoms with van der Waals surface area (Å²) in [6.45, 7) is 0. The maximum absolute atomic E-state index is 12.7. The highest BCUT2D eigenvalue weighted by Crippen LogP contribution is 2.25. The fourth-order valence-corrected chi connectivity index (χ4v) is 3.47. The second-order valence-electron chi connectivity index (χ2n) is 6.71. The molecule has 5 aromatic rings. The van der Waals surface area contributed by atoms with Gasteiger partial charge in [-0.2, -0.15) is 0 Å². The molecular formula is C21H16N6O3. The van der Waals surface area contributed by atoms with Gasteiger partial charge in [-0.3, -0.25) is 4.79 Å². The predicted molar refractivity (Wildman–Crippen MR) is 112 cm³/mol. The average molecular weight is 400 g/mol. The Hall–Kier alpha value is -4.40. The average Bonchev–Trinajstić information content (AvgIpc) is 3.35. The van der Waals surface area contributed by atoms with Crippen LogP contribution in [0.1, 0.15) is 10.5 Å². The van der Waals surface area contributed by atoms with E-state index in [0.29, 0.717) is 17.0 Å². The number of carbonyl (C=O) groups excluding carboxylic acids is 1. The fraction of sp³-hybridized carbons (Fsp3) is 0.0476. The number of hydrogen-bond donors (Lipinski definition) is 3. The number of methoxy groups -OCH3 is 1. The Balaban J connectivity index is 1.81. The summed E-state index contributed by atoms with van der Waals surface area (Å²) < 4.78 is 6.62. The lowest BCUT2D eigenvalue weighted by Gasteiger charge is -2.08. The normalized spacial score (nSPS) is 11.2. The predicted octanol–water partition coefficient (Wildman–Crippen LogP) is 2.36. The lowest BCUT2D eigenvalue weighted by molar-refractivity contribution is 0.0997. The molecule has 5 rings (SSSR count). The smallest absolute Gasteiger partial charge is 0.332 e. The first-order valence-corrected chi connectivity index (χ1v) is 9.09. The topological polar surface area (TPSA) is 132 Å². The van der Waals surface area contributed by atoms with Gasteiger partial charge in [0.25, 0.3) is 5.91 Å². The van der Waals surface area contributed by atoms with Crippen LogP contribution in [0.15, 0.2) is 59.5 Å². The minimum atomic E-state index is -0.761. The van der Waals surface area contributed by atoms with Crippen molar-refractivity contribution in [1.29, 1.82) is 0 Å². The Morgan fingerprint density at radius 2 is 2.00 bits per heavy atom. The zero-order valence-electron chi connectivity index (χ0n) is 15.8. The largest absolute Gasteiger partial charge is 0.497 e. The van der Waals surface area contributed by atoms with Gasteiger partial charge in [-0.15, -0.1) is 0 Å². The molecule has 9 nitrogen and oxygen atoms in total. The molecule has 1 amide bonds. The molecule has 0 unspecified atom stereocenters. The highest BCUT2D eigenvalue weighted by molar-refractivity contribution is 6.02.